The first-order chi connectivity index (χ1) is 11.3. The summed E-state index contributed by atoms with van der Waals surface area (Å²) < 4.78 is 2.30. The summed E-state index contributed by atoms with van der Waals surface area (Å²) >= 11 is 1.74. The van der Waals surface area contributed by atoms with Gasteiger partial charge in [0, 0.05) is 18.8 Å². The molecule has 3 aromatic heterocycles. The number of rotatable bonds is 4. The van der Waals surface area contributed by atoms with Gasteiger partial charge in [0.15, 0.2) is 11.5 Å². The van der Waals surface area contributed by atoms with E-state index in [1.807, 2.05) is 6.20 Å². The zero-order valence-electron chi connectivity index (χ0n) is 13.5. The Kier molecular flexibility index (Phi) is 4.14. The topological polar surface area (TPSA) is 42.7 Å². The predicted octanol–water partition coefficient (Wildman–Crippen LogP) is 4.00. The highest BCUT2D eigenvalue weighted by Gasteiger charge is 2.17. The molecule has 0 aromatic carbocycles. The molecule has 0 bridgehead atoms. The summed E-state index contributed by atoms with van der Waals surface area (Å²) in [6, 6.07) is 7.00. The van der Waals surface area contributed by atoms with Crippen LogP contribution in [0.5, 0.6) is 0 Å². The lowest BCUT2D eigenvalue weighted by Crippen LogP contribution is -2.34. The molecule has 3 aromatic rings. The lowest BCUT2D eigenvalue weighted by Gasteiger charge is -2.23. The summed E-state index contributed by atoms with van der Waals surface area (Å²) in [5.74, 6) is 1.06. The van der Waals surface area contributed by atoms with E-state index in [-0.39, 0.29) is 0 Å². The van der Waals surface area contributed by atoms with Crippen molar-refractivity contribution in [2.45, 2.75) is 45.2 Å². The van der Waals surface area contributed by atoms with E-state index in [9.17, 15) is 0 Å². The number of aromatic nitrogens is 3. The van der Waals surface area contributed by atoms with Crippen LogP contribution in [0.25, 0.3) is 21.9 Å². The Balaban J connectivity index is 1.69. The molecule has 1 fully saturated rings. The van der Waals surface area contributed by atoms with Crippen LogP contribution in [0.1, 0.15) is 31.2 Å². The summed E-state index contributed by atoms with van der Waals surface area (Å²) in [5, 5.41) is 5.75. The van der Waals surface area contributed by atoms with Crippen molar-refractivity contribution in [1.82, 2.24) is 19.9 Å². The highest BCUT2D eigenvalue weighted by atomic mass is 32.1. The van der Waals surface area contributed by atoms with E-state index in [0.717, 1.165) is 42.1 Å². The largest absolute Gasteiger partial charge is 0.314 e. The van der Waals surface area contributed by atoms with Gasteiger partial charge in [0.2, 0.25) is 0 Å². The van der Waals surface area contributed by atoms with E-state index in [4.69, 9.17) is 4.98 Å². The molecule has 4 rings (SSSR count). The van der Waals surface area contributed by atoms with Crippen LogP contribution in [-0.2, 0) is 6.54 Å². The van der Waals surface area contributed by atoms with E-state index in [1.54, 1.807) is 11.3 Å². The molecule has 1 saturated heterocycles. The fraction of sp³-hybridized carbons (Fsp3) is 0.444. The quantitative estimate of drug-likeness (QED) is 0.788. The van der Waals surface area contributed by atoms with Gasteiger partial charge in [0.1, 0.15) is 5.52 Å². The summed E-state index contributed by atoms with van der Waals surface area (Å²) in [6.07, 6.45) is 7.02. The highest BCUT2D eigenvalue weighted by molar-refractivity contribution is 7.13. The van der Waals surface area contributed by atoms with Crippen molar-refractivity contribution in [1.29, 1.82) is 0 Å². The lowest BCUT2D eigenvalue weighted by molar-refractivity contribution is 0.368. The number of imidazole rings is 1. The number of piperidine rings is 1. The number of pyridine rings is 1. The Bertz CT molecular complexity index is 785. The van der Waals surface area contributed by atoms with Crippen LogP contribution in [0.15, 0.2) is 29.8 Å². The van der Waals surface area contributed by atoms with Gasteiger partial charge in [0.05, 0.1) is 4.88 Å². The van der Waals surface area contributed by atoms with Gasteiger partial charge in [-0.25, -0.2) is 9.97 Å². The van der Waals surface area contributed by atoms with Gasteiger partial charge in [0.25, 0.3) is 0 Å². The molecule has 1 aliphatic heterocycles. The Labute approximate surface area is 140 Å². The third kappa shape index (κ3) is 3.03. The van der Waals surface area contributed by atoms with Gasteiger partial charge in [-0.1, -0.05) is 12.5 Å². The molecule has 4 heterocycles. The molecule has 0 radical (unpaired) electrons. The molecular weight excluding hydrogens is 304 g/mol. The average molecular weight is 326 g/mol. The maximum Gasteiger partial charge on any atom is 0.160 e. The van der Waals surface area contributed by atoms with Crippen molar-refractivity contribution in [3.05, 3.63) is 35.3 Å². The van der Waals surface area contributed by atoms with Gasteiger partial charge in [-0.05, 0) is 55.8 Å². The Morgan fingerprint density at radius 2 is 2.35 bits per heavy atom. The molecule has 1 N–H and O–H groups in total. The third-order valence-corrected chi connectivity index (χ3v) is 5.44. The summed E-state index contributed by atoms with van der Waals surface area (Å²) in [4.78, 5) is 10.7. The molecule has 120 valence electrons. The van der Waals surface area contributed by atoms with Crippen molar-refractivity contribution in [3.8, 4) is 10.7 Å². The first-order valence-corrected chi connectivity index (χ1v) is 9.29. The standard InChI is InChI=1S/C18H22N4S/c1-13-11-15-17(20-12-13)22(9-7-14-5-2-3-8-19-14)18(21-15)16-6-4-10-23-16/h4,6,10-12,14,19H,2-3,5,7-9H2,1H3. The van der Waals surface area contributed by atoms with Crippen molar-refractivity contribution >= 4 is 22.5 Å². The maximum absolute atomic E-state index is 4.87. The lowest BCUT2D eigenvalue weighted by atomic mass is 10.0. The minimum atomic E-state index is 0.628. The van der Waals surface area contributed by atoms with Crippen LogP contribution in [0.4, 0.5) is 0 Å². The van der Waals surface area contributed by atoms with Crippen molar-refractivity contribution in [2.24, 2.45) is 0 Å². The summed E-state index contributed by atoms with van der Waals surface area (Å²) in [7, 11) is 0. The van der Waals surface area contributed by atoms with Crippen LogP contribution in [-0.4, -0.2) is 27.1 Å². The Hall–Kier alpha value is -1.72. The van der Waals surface area contributed by atoms with E-state index in [1.165, 1.54) is 24.1 Å². The fourth-order valence-electron chi connectivity index (χ4n) is 3.37. The molecule has 0 aliphatic carbocycles. The second-order valence-electron chi connectivity index (χ2n) is 6.36. The summed E-state index contributed by atoms with van der Waals surface area (Å²) in [6.45, 7) is 4.20. The average Bonchev–Trinajstić information content (AvgIpc) is 3.21. The molecule has 23 heavy (non-hydrogen) atoms. The van der Waals surface area contributed by atoms with E-state index >= 15 is 0 Å². The van der Waals surface area contributed by atoms with Crippen LogP contribution >= 0.6 is 11.3 Å². The van der Waals surface area contributed by atoms with Crippen LogP contribution in [0.2, 0.25) is 0 Å². The number of nitrogens with one attached hydrogen (secondary N) is 1. The molecule has 1 unspecified atom stereocenters. The zero-order valence-corrected chi connectivity index (χ0v) is 14.3. The van der Waals surface area contributed by atoms with E-state index in [0.29, 0.717) is 6.04 Å². The number of hydrogen-bond acceptors (Lipinski definition) is 4. The SMILES string of the molecule is Cc1cnc2c(c1)nc(-c1cccs1)n2CCC1CCCCN1. The van der Waals surface area contributed by atoms with Crippen molar-refractivity contribution < 1.29 is 0 Å². The van der Waals surface area contributed by atoms with Gasteiger partial charge in [-0.15, -0.1) is 11.3 Å². The normalized spacial score (nSPS) is 18.6. The van der Waals surface area contributed by atoms with Gasteiger partial charge < -0.3 is 9.88 Å². The number of hydrogen-bond donors (Lipinski definition) is 1. The van der Waals surface area contributed by atoms with Gasteiger partial charge >= 0.3 is 0 Å². The van der Waals surface area contributed by atoms with E-state index < -0.39 is 0 Å². The first kappa shape index (κ1) is 14.8. The smallest absolute Gasteiger partial charge is 0.160 e. The molecule has 4 nitrogen and oxygen atoms in total. The highest BCUT2D eigenvalue weighted by Crippen LogP contribution is 2.28. The monoisotopic (exact) mass is 326 g/mol. The fourth-order valence-corrected chi connectivity index (χ4v) is 4.09. The first-order valence-electron chi connectivity index (χ1n) is 8.41. The second kappa shape index (κ2) is 6.42. The van der Waals surface area contributed by atoms with Crippen LogP contribution in [0.3, 0.4) is 0 Å². The number of thiophene rings is 1. The van der Waals surface area contributed by atoms with Crippen LogP contribution < -0.4 is 5.32 Å². The Morgan fingerprint density at radius 3 is 3.13 bits per heavy atom. The second-order valence-corrected chi connectivity index (χ2v) is 7.30. The molecule has 1 atom stereocenters. The predicted molar refractivity (Wildman–Crippen MR) is 95.8 cm³/mol. The summed E-state index contributed by atoms with van der Waals surface area (Å²) in [5.41, 5.74) is 3.17. The van der Waals surface area contributed by atoms with Gasteiger partial charge in [-0.2, -0.15) is 0 Å². The van der Waals surface area contributed by atoms with Crippen molar-refractivity contribution in [3.63, 3.8) is 0 Å². The molecule has 0 spiro atoms. The molecule has 1 aliphatic rings. The number of aryl methyl sites for hydroxylation is 2. The number of fused-ring (bicyclic) bond motifs is 1. The zero-order chi connectivity index (χ0) is 15.6. The molecule has 0 amide bonds. The minimum absolute atomic E-state index is 0.628. The van der Waals surface area contributed by atoms with Gasteiger partial charge in [-0.3, -0.25) is 0 Å². The third-order valence-electron chi connectivity index (χ3n) is 4.58. The van der Waals surface area contributed by atoms with Crippen molar-refractivity contribution in [2.75, 3.05) is 6.54 Å². The van der Waals surface area contributed by atoms with E-state index in [2.05, 4.69) is 45.4 Å². The number of nitrogens with zero attached hydrogens (tertiary/aromatic N) is 3. The maximum atomic E-state index is 4.87. The molecule has 0 saturated carbocycles. The minimum Gasteiger partial charge on any atom is -0.314 e. The Morgan fingerprint density at radius 1 is 1.39 bits per heavy atom. The molecular formula is C18H22N4S. The van der Waals surface area contributed by atoms with Crippen LogP contribution in [0, 0.1) is 6.92 Å². The molecule has 5 heteroatoms.